The Labute approximate surface area is 151 Å². The first-order valence-corrected chi connectivity index (χ1v) is 9.25. The SMILES string of the molecule is Nc1ncnc2c1c(Cc1ccc3ccccc3c1)nn2C1CCCC1. The van der Waals surface area contributed by atoms with Gasteiger partial charge in [-0.3, -0.25) is 0 Å². The summed E-state index contributed by atoms with van der Waals surface area (Å²) in [6.07, 6.45) is 7.12. The Kier molecular flexibility index (Phi) is 3.59. The lowest BCUT2D eigenvalue weighted by atomic mass is 10.0. The Balaban J connectivity index is 1.61. The molecule has 0 unspecified atom stereocenters. The number of fused-ring (bicyclic) bond motifs is 2. The van der Waals surface area contributed by atoms with E-state index in [2.05, 4.69) is 57.1 Å². The summed E-state index contributed by atoms with van der Waals surface area (Å²) in [6, 6.07) is 15.4. The van der Waals surface area contributed by atoms with Crippen molar-refractivity contribution in [1.82, 2.24) is 19.7 Å². The van der Waals surface area contributed by atoms with E-state index in [1.54, 1.807) is 6.33 Å². The van der Waals surface area contributed by atoms with Crippen molar-refractivity contribution in [2.45, 2.75) is 38.1 Å². The number of aromatic nitrogens is 4. The number of benzene rings is 2. The smallest absolute Gasteiger partial charge is 0.163 e. The third-order valence-corrected chi connectivity index (χ3v) is 5.45. The quantitative estimate of drug-likeness (QED) is 0.603. The van der Waals surface area contributed by atoms with E-state index < -0.39 is 0 Å². The molecule has 0 atom stereocenters. The zero-order valence-corrected chi connectivity index (χ0v) is 14.6. The summed E-state index contributed by atoms with van der Waals surface area (Å²) in [5.41, 5.74) is 9.28. The molecule has 0 amide bonds. The highest BCUT2D eigenvalue weighted by molar-refractivity contribution is 5.89. The van der Waals surface area contributed by atoms with Crippen molar-refractivity contribution < 1.29 is 0 Å². The Morgan fingerprint density at radius 3 is 2.65 bits per heavy atom. The maximum absolute atomic E-state index is 6.21. The third-order valence-electron chi connectivity index (χ3n) is 5.45. The number of rotatable bonds is 3. The lowest BCUT2D eigenvalue weighted by Crippen LogP contribution is -2.07. The topological polar surface area (TPSA) is 69.6 Å². The molecule has 0 aliphatic heterocycles. The normalized spacial score (nSPS) is 15.2. The number of hydrogen-bond donors (Lipinski definition) is 1. The first-order chi connectivity index (χ1) is 12.8. The molecule has 0 spiro atoms. The molecule has 0 radical (unpaired) electrons. The number of anilines is 1. The molecule has 5 heteroatoms. The van der Waals surface area contributed by atoms with Gasteiger partial charge in [0.15, 0.2) is 5.65 Å². The van der Waals surface area contributed by atoms with Crippen LogP contribution in [0.25, 0.3) is 21.8 Å². The zero-order chi connectivity index (χ0) is 17.5. The van der Waals surface area contributed by atoms with Gasteiger partial charge in [0, 0.05) is 6.42 Å². The standard InChI is InChI=1S/C21H21N5/c22-20-19-18(12-14-9-10-15-5-1-2-6-16(15)11-14)25-26(17-7-3-4-8-17)21(19)24-13-23-20/h1-2,5-6,9-11,13,17H,3-4,7-8,12H2,(H2,22,23,24). The fourth-order valence-corrected chi connectivity index (χ4v) is 4.14. The van der Waals surface area contributed by atoms with E-state index in [0.717, 1.165) is 36.0 Å². The van der Waals surface area contributed by atoms with E-state index in [4.69, 9.17) is 10.8 Å². The van der Waals surface area contributed by atoms with Gasteiger partial charge in [-0.15, -0.1) is 0 Å². The molecule has 1 fully saturated rings. The molecule has 4 aromatic rings. The molecule has 2 aromatic heterocycles. The highest BCUT2D eigenvalue weighted by atomic mass is 15.3. The molecule has 5 rings (SSSR count). The van der Waals surface area contributed by atoms with Gasteiger partial charge < -0.3 is 5.73 Å². The molecule has 5 nitrogen and oxygen atoms in total. The van der Waals surface area contributed by atoms with Crippen LogP contribution in [-0.4, -0.2) is 19.7 Å². The van der Waals surface area contributed by atoms with E-state index >= 15 is 0 Å². The minimum Gasteiger partial charge on any atom is -0.383 e. The van der Waals surface area contributed by atoms with Crippen LogP contribution in [0.1, 0.15) is 43.0 Å². The Morgan fingerprint density at radius 1 is 1.00 bits per heavy atom. The van der Waals surface area contributed by atoms with Gasteiger partial charge in [0.2, 0.25) is 0 Å². The third kappa shape index (κ3) is 2.51. The molecule has 2 aromatic carbocycles. The van der Waals surface area contributed by atoms with E-state index in [1.807, 2.05) is 0 Å². The van der Waals surface area contributed by atoms with Crippen LogP contribution in [0.4, 0.5) is 5.82 Å². The monoisotopic (exact) mass is 343 g/mol. The Hall–Kier alpha value is -2.95. The first kappa shape index (κ1) is 15.3. The average molecular weight is 343 g/mol. The van der Waals surface area contributed by atoms with Crippen LogP contribution >= 0.6 is 0 Å². The molecular weight excluding hydrogens is 322 g/mol. The second kappa shape index (κ2) is 6.09. The molecule has 0 bridgehead atoms. The second-order valence-corrected chi connectivity index (χ2v) is 7.15. The average Bonchev–Trinajstić information content (AvgIpc) is 3.30. The van der Waals surface area contributed by atoms with Crippen LogP contribution in [0.5, 0.6) is 0 Å². The summed E-state index contributed by atoms with van der Waals surface area (Å²) >= 11 is 0. The van der Waals surface area contributed by atoms with Crippen LogP contribution < -0.4 is 5.73 Å². The lowest BCUT2D eigenvalue weighted by Gasteiger charge is -2.10. The van der Waals surface area contributed by atoms with Crippen molar-refractivity contribution in [3.63, 3.8) is 0 Å². The molecular formula is C21H21N5. The van der Waals surface area contributed by atoms with Crippen LogP contribution in [0.15, 0.2) is 48.8 Å². The number of nitrogens with two attached hydrogens (primary N) is 1. The summed E-state index contributed by atoms with van der Waals surface area (Å²) in [4.78, 5) is 8.72. The van der Waals surface area contributed by atoms with Gasteiger partial charge in [0.1, 0.15) is 12.1 Å². The van der Waals surface area contributed by atoms with E-state index in [0.29, 0.717) is 11.9 Å². The summed E-state index contributed by atoms with van der Waals surface area (Å²) < 4.78 is 2.09. The minimum atomic E-state index is 0.428. The second-order valence-electron chi connectivity index (χ2n) is 7.15. The maximum Gasteiger partial charge on any atom is 0.163 e. The predicted octanol–water partition coefficient (Wildman–Crippen LogP) is 4.27. The van der Waals surface area contributed by atoms with Crippen LogP contribution in [0.3, 0.4) is 0 Å². The summed E-state index contributed by atoms with van der Waals surface area (Å²) in [6.45, 7) is 0. The molecule has 1 saturated carbocycles. The Bertz CT molecular complexity index is 1090. The number of nitrogens with zero attached hydrogens (tertiary/aromatic N) is 4. The number of hydrogen-bond acceptors (Lipinski definition) is 4. The van der Waals surface area contributed by atoms with Crippen LogP contribution in [-0.2, 0) is 6.42 Å². The van der Waals surface area contributed by atoms with Crippen molar-refractivity contribution in [2.24, 2.45) is 0 Å². The predicted molar refractivity (Wildman–Crippen MR) is 104 cm³/mol. The largest absolute Gasteiger partial charge is 0.383 e. The lowest BCUT2D eigenvalue weighted by molar-refractivity contribution is 0.475. The zero-order valence-electron chi connectivity index (χ0n) is 14.6. The molecule has 26 heavy (non-hydrogen) atoms. The summed E-state index contributed by atoms with van der Waals surface area (Å²) in [7, 11) is 0. The molecule has 1 aliphatic carbocycles. The first-order valence-electron chi connectivity index (χ1n) is 9.25. The molecule has 1 aliphatic rings. The van der Waals surface area contributed by atoms with Crippen molar-refractivity contribution in [3.8, 4) is 0 Å². The molecule has 2 N–H and O–H groups in total. The van der Waals surface area contributed by atoms with Gasteiger partial charge in [0.25, 0.3) is 0 Å². The van der Waals surface area contributed by atoms with Gasteiger partial charge >= 0.3 is 0 Å². The van der Waals surface area contributed by atoms with Gasteiger partial charge in [-0.1, -0.05) is 55.3 Å². The van der Waals surface area contributed by atoms with Gasteiger partial charge in [-0.05, 0) is 29.2 Å². The summed E-state index contributed by atoms with van der Waals surface area (Å²) in [5.74, 6) is 0.523. The van der Waals surface area contributed by atoms with Gasteiger partial charge in [-0.25, -0.2) is 14.6 Å². The van der Waals surface area contributed by atoms with E-state index in [1.165, 1.54) is 29.2 Å². The highest BCUT2D eigenvalue weighted by Crippen LogP contribution is 2.33. The van der Waals surface area contributed by atoms with Gasteiger partial charge in [0.05, 0.1) is 17.1 Å². The molecule has 130 valence electrons. The fourth-order valence-electron chi connectivity index (χ4n) is 4.14. The van der Waals surface area contributed by atoms with E-state index in [9.17, 15) is 0 Å². The Morgan fingerprint density at radius 2 is 1.81 bits per heavy atom. The van der Waals surface area contributed by atoms with Crippen molar-refractivity contribution in [1.29, 1.82) is 0 Å². The van der Waals surface area contributed by atoms with Crippen molar-refractivity contribution >= 4 is 27.6 Å². The summed E-state index contributed by atoms with van der Waals surface area (Å²) in [5, 5.41) is 8.35. The van der Waals surface area contributed by atoms with Crippen LogP contribution in [0, 0.1) is 0 Å². The van der Waals surface area contributed by atoms with Crippen molar-refractivity contribution in [2.75, 3.05) is 5.73 Å². The number of nitrogen functional groups attached to an aromatic ring is 1. The van der Waals surface area contributed by atoms with Crippen LogP contribution in [0.2, 0.25) is 0 Å². The minimum absolute atomic E-state index is 0.428. The van der Waals surface area contributed by atoms with E-state index in [-0.39, 0.29) is 0 Å². The highest BCUT2D eigenvalue weighted by Gasteiger charge is 2.23. The van der Waals surface area contributed by atoms with Gasteiger partial charge in [-0.2, -0.15) is 5.10 Å². The molecule has 0 saturated heterocycles. The fraction of sp³-hybridized carbons (Fsp3) is 0.286. The van der Waals surface area contributed by atoms with Crippen molar-refractivity contribution in [3.05, 3.63) is 60.0 Å². The molecule has 2 heterocycles. The maximum atomic E-state index is 6.21.